The van der Waals surface area contributed by atoms with Crippen LogP contribution in [0.25, 0.3) is 0 Å². The zero-order valence-electron chi connectivity index (χ0n) is 16.8. The molecule has 1 heterocycles. The molecule has 0 bridgehead atoms. The normalized spacial score (nSPS) is 16.6. The maximum Gasteiger partial charge on any atom is 0.246 e. The van der Waals surface area contributed by atoms with E-state index >= 15 is 0 Å². The highest BCUT2D eigenvalue weighted by atomic mass is 16.5. The summed E-state index contributed by atoms with van der Waals surface area (Å²) in [7, 11) is 0. The first kappa shape index (κ1) is 21.2. The molecule has 0 spiro atoms. The van der Waals surface area contributed by atoms with E-state index in [1.165, 1.54) is 5.56 Å². The van der Waals surface area contributed by atoms with Crippen molar-refractivity contribution in [3.63, 3.8) is 0 Å². The maximum atomic E-state index is 12.2. The number of guanidine groups is 1. The molecule has 0 radical (unpaired) electrons. The van der Waals surface area contributed by atoms with Crippen LogP contribution in [0.1, 0.15) is 26.3 Å². The van der Waals surface area contributed by atoms with Gasteiger partial charge in [0.2, 0.25) is 5.91 Å². The van der Waals surface area contributed by atoms with Crippen molar-refractivity contribution in [3.8, 4) is 0 Å². The van der Waals surface area contributed by atoms with Crippen LogP contribution >= 0.6 is 0 Å². The summed E-state index contributed by atoms with van der Waals surface area (Å²) in [6, 6.07) is 8.28. The molecule has 1 aromatic rings. The SMILES string of the molecule is CCNC(=NCC(=O)Nc1cccc(CC)c1)NCC(C)N1CCOCC1. The smallest absolute Gasteiger partial charge is 0.246 e. The zero-order chi connectivity index (χ0) is 19.5. The van der Waals surface area contributed by atoms with Crippen molar-refractivity contribution in [3.05, 3.63) is 29.8 Å². The summed E-state index contributed by atoms with van der Waals surface area (Å²) in [6.07, 6.45) is 0.942. The molecule has 1 aliphatic heterocycles. The Hall–Kier alpha value is -2.12. The quantitative estimate of drug-likeness (QED) is 0.474. The van der Waals surface area contributed by atoms with Gasteiger partial charge in [0, 0.05) is 37.9 Å². The third-order valence-corrected chi connectivity index (χ3v) is 4.58. The van der Waals surface area contributed by atoms with Crippen LogP contribution in [0.2, 0.25) is 0 Å². The zero-order valence-corrected chi connectivity index (χ0v) is 16.8. The number of aryl methyl sites for hydroxylation is 1. The van der Waals surface area contributed by atoms with E-state index in [4.69, 9.17) is 4.74 Å². The molecule has 2 rings (SSSR count). The van der Waals surface area contributed by atoms with Crippen LogP contribution < -0.4 is 16.0 Å². The molecule has 150 valence electrons. The van der Waals surface area contributed by atoms with Gasteiger partial charge in [0.15, 0.2) is 5.96 Å². The molecule has 1 atom stereocenters. The second kappa shape index (κ2) is 11.6. The molecule has 7 heteroatoms. The Bertz CT molecular complexity index is 614. The van der Waals surface area contributed by atoms with Crippen LogP contribution in [0.4, 0.5) is 5.69 Å². The Morgan fingerprint density at radius 2 is 2.04 bits per heavy atom. The van der Waals surface area contributed by atoms with Gasteiger partial charge in [-0.2, -0.15) is 0 Å². The molecule has 1 aliphatic rings. The molecule has 0 saturated carbocycles. The first-order chi connectivity index (χ1) is 13.1. The fourth-order valence-corrected chi connectivity index (χ4v) is 2.95. The number of hydrogen-bond donors (Lipinski definition) is 3. The van der Waals surface area contributed by atoms with E-state index in [2.05, 4.69) is 45.8 Å². The van der Waals surface area contributed by atoms with Crippen LogP contribution in [0.15, 0.2) is 29.3 Å². The highest BCUT2D eigenvalue weighted by molar-refractivity contribution is 5.94. The number of ether oxygens (including phenoxy) is 1. The lowest BCUT2D eigenvalue weighted by atomic mass is 10.1. The molecule has 3 N–H and O–H groups in total. The van der Waals surface area contributed by atoms with Crippen LogP contribution in [-0.4, -0.2) is 68.7 Å². The maximum absolute atomic E-state index is 12.2. The van der Waals surface area contributed by atoms with Crippen molar-refractivity contribution in [1.29, 1.82) is 0 Å². The minimum absolute atomic E-state index is 0.0810. The number of carbonyl (C=O) groups excluding carboxylic acids is 1. The predicted molar refractivity (Wildman–Crippen MR) is 110 cm³/mol. The highest BCUT2D eigenvalue weighted by Crippen LogP contribution is 2.10. The minimum atomic E-state index is -0.123. The molecule has 1 saturated heterocycles. The van der Waals surface area contributed by atoms with Crippen molar-refractivity contribution < 1.29 is 9.53 Å². The number of rotatable bonds is 8. The molecule has 0 aromatic heterocycles. The molecule has 0 aliphatic carbocycles. The molecule has 7 nitrogen and oxygen atoms in total. The average Bonchev–Trinajstić information content (AvgIpc) is 2.70. The molecule has 27 heavy (non-hydrogen) atoms. The molecule has 1 unspecified atom stereocenters. The number of morpholine rings is 1. The van der Waals surface area contributed by atoms with E-state index in [0.717, 1.165) is 51.5 Å². The fourth-order valence-electron chi connectivity index (χ4n) is 2.95. The Labute approximate surface area is 162 Å². The van der Waals surface area contributed by atoms with Gasteiger partial charge in [0.05, 0.1) is 13.2 Å². The summed E-state index contributed by atoms with van der Waals surface area (Å²) >= 11 is 0. The fraction of sp³-hybridized carbons (Fsp3) is 0.600. The Morgan fingerprint density at radius 3 is 2.74 bits per heavy atom. The number of aliphatic imine (C=N–C) groups is 1. The van der Waals surface area contributed by atoms with Gasteiger partial charge < -0.3 is 20.7 Å². The first-order valence-electron chi connectivity index (χ1n) is 9.85. The van der Waals surface area contributed by atoms with E-state index in [0.29, 0.717) is 12.0 Å². The third-order valence-electron chi connectivity index (χ3n) is 4.58. The minimum Gasteiger partial charge on any atom is -0.379 e. The largest absolute Gasteiger partial charge is 0.379 e. The first-order valence-corrected chi connectivity index (χ1v) is 9.85. The third kappa shape index (κ3) is 7.56. The van der Waals surface area contributed by atoms with E-state index in [1.807, 2.05) is 25.1 Å². The molecule has 1 amide bonds. The lowest BCUT2D eigenvalue weighted by Gasteiger charge is -2.32. The number of anilines is 1. The van der Waals surface area contributed by atoms with E-state index in [1.54, 1.807) is 0 Å². The lowest BCUT2D eigenvalue weighted by molar-refractivity contribution is -0.114. The van der Waals surface area contributed by atoms with Gasteiger partial charge in [-0.1, -0.05) is 19.1 Å². The van der Waals surface area contributed by atoms with Gasteiger partial charge in [-0.3, -0.25) is 9.69 Å². The number of nitrogens with one attached hydrogen (secondary N) is 3. The van der Waals surface area contributed by atoms with Gasteiger partial charge in [0.1, 0.15) is 6.54 Å². The average molecular weight is 376 g/mol. The van der Waals surface area contributed by atoms with Crippen molar-refractivity contribution in [2.45, 2.75) is 33.2 Å². The topological polar surface area (TPSA) is 78.0 Å². The van der Waals surface area contributed by atoms with Crippen molar-refractivity contribution in [2.75, 3.05) is 51.3 Å². The molecular weight excluding hydrogens is 342 g/mol. The predicted octanol–water partition coefficient (Wildman–Crippen LogP) is 1.46. The number of amides is 1. The van der Waals surface area contributed by atoms with E-state index in [9.17, 15) is 4.79 Å². The second-order valence-corrected chi connectivity index (χ2v) is 6.68. The summed E-state index contributed by atoms with van der Waals surface area (Å²) in [6.45, 7) is 11.4. The van der Waals surface area contributed by atoms with Gasteiger partial charge in [-0.05, 0) is 38.0 Å². The van der Waals surface area contributed by atoms with Crippen LogP contribution in [0.5, 0.6) is 0 Å². The number of hydrogen-bond acceptors (Lipinski definition) is 4. The Morgan fingerprint density at radius 1 is 1.26 bits per heavy atom. The van der Waals surface area contributed by atoms with Crippen LogP contribution in [0, 0.1) is 0 Å². The standard InChI is InChI=1S/C20H33N5O2/c1-4-17-7-6-8-18(13-17)24-19(26)15-23-20(21-5-2)22-14-16(3)25-9-11-27-12-10-25/h6-8,13,16H,4-5,9-12,14-15H2,1-3H3,(H,24,26)(H2,21,22,23). The highest BCUT2D eigenvalue weighted by Gasteiger charge is 2.17. The van der Waals surface area contributed by atoms with E-state index in [-0.39, 0.29) is 12.5 Å². The summed E-state index contributed by atoms with van der Waals surface area (Å²) in [4.78, 5) is 19.0. The molecule has 1 aromatic carbocycles. The monoisotopic (exact) mass is 375 g/mol. The van der Waals surface area contributed by atoms with Gasteiger partial charge in [-0.15, -0.1) is 0 Å². The second-order valence-electron chi connectivity index (χ2n) is 6.68. The van der Waals surface area contributed by atoms with Crippen LogP contribution in [-0.2, 0) is 16.0 Å². The van der Waals surface area contributed by atoms with Crippen molar-refractivity contribution in [1.82, 2.24) is 15.5 Å². The number of nitrogens with zero attached hydrogens (tertiary/aromatic N) is 2. The molecule has 1 fully saturated rings. The van der Waals surface area contributed by atoms with Crippen molar-refractivity contribution >= 4 is 17.6 Å². The summed E-state index contributed by atoms with van der Waals surface area (Å²) < 4.78 is 5.40. The molecular formula is C20H33N5O2. The summed E-state index contributed by atoms with van der Waals surface area (Å²) in [5.41, 5.74) is 2.01. The summed E-state index contributed by atoms with van der Waals surface area (Å²) in [5.74, 6) is 0.539. The van der Waals surface area contributed by atoms with E-state index < -0.39 is 0 Å². The van der Waals surface area contributed by atoms with Crippen LogP contribution in [0.3, 0.4) is 0 Å². The Kier molecular flexibility index (Phi) is 9.07. The lowest BCUT2D eigenvalue weighted by Crippen LogP contribution is -2.49. The summed E-state index contributed by atoms with van der Waals surface area (Å²) in [5, 5.41) is 9.43. The number of benzene rings is 1. The number of carbonyl (C=O) groups is 1. The van der Waals surface area contributed by atoms with Gasteiger partial charge >= 0.3 is 0 Å². The van der Waals surface area contributed by atoms with Gasteiger partial charge in [0.25, 0.3) is 0 Å². The van der Waals surface area contributed by atoms with Crippen molar-refractivity contribution in [2.24, 2.45) is 4.99 Å². The Balaban J connectivity index is 1.83. The van der Waals surface area contributed by atoms with Gasteiger partial charge in [-0.25, -0.2) is 4.99 Å².